The lowest BCUT2D eigenvalue weighted by Crippen LogP contribution is -2.24. The summed E-state index contributed by atoms with van der Waals surface area (Å²) in [4.78, 5) is 0. The monoisotopic (exact) mass is 291 g/mol. The summed E-state index contributed by atoms with van der Waals surface area (Å²) in [5, 5.41) is 10.9. The molecule has 0 saturated carbocycles. The average molecular weight is 291 g/mol. The van der Waals surface area contributed by atoms with Gasteiger partial charge in [-0.1, -0.05) is 55.7 Å². The molecule has 1 aromatic carbocycles. The van der Waals surface area contributed by atoms with Crippen molar-refractivity contribution < 1.29 is 0 Å². The van der Waals surface area contributed by atoms with Crippen molar-refractivity contribution in [3.8, 4) is 11.4 Å². The van der Waals surface area contributed by atoms with E-state index in [9.17, 15) is 0 Å². The number of benzene rings is 1. The van der Waals surface area contributed by atoms with Crippen LogP contribution in [0.25, 0.3) is 11.4 Å². The van der Waals surface area contributed by atoms with Gasteiger partial charge in [-0.2, -0.15) is 0 Å². The van der Waals surface area contributed by atoms with Gasteiger partial charge in [-0.25, -0.2) is 0 Å². The maximum atomic E-state index is 4.36. The minimum Gasteiger partial charge on any atom is -0.305 e. The number of hydrogen-bond acceptors (Lipinski definition) is 3. The van der Waals surface area contributed by atoms with Gasteiger partial charge in [0.25, 0.3) is 0 Å². The van der Waals surface area contributed by atoms with Gasteiger partial charge in [0.05, 0.1) is 8.07 Å². The second-order valence-electron chi connectivity index (χ2n) is 6.03. The summed E-state index contributed by atoms with van der Waals surface area (Å²) in [5.41, 5.74) is 2.40. The van der Waals surface area contributed by atoms with Crippen molar-refractivity contribution in [2.45, 2.75) is 31.7 Å². The molecule has 0 saturated heterocycles. The van der Waals surface area contributed by atoms with Gasteiger partial charge < -0.3 is 4.57 Å². The first kappa shape index (κ1) is 14.3. The fourth-order valence-corrected chi connectivity index (χ4v) is 4.41. The lowest BCUT2D eigenvalue weighted by Gasteiger charge is -2.14. The Kier molecular flexibility index (Phi) is 4.15. The number of rotatable bonds is 4. The van der Waals surface area contributed by atoms with E-state index in [2.05, 4.69) is 59.5 Å². The van der Waals surface area contributed by atoms with Crippen LogP contribution in [0.5, 0.6) is 0 Å². The molecule has 3 nitrogen and oxygen atoms in total. The molecule has 0 N–H and O–H groups in total. The fourth-order valence-electron chi connectivity index (χ4n) is 1.78. The van der Waals surface area contributed by atoms with E-state index in [0.29, 0.717) is 0 Å². The summed E-state index contributed by atoms with van der Waals surface area (Å²) in [6, 6.07) is 8.31. The lowest BCUT2D eigenvalue weighted by atomic mass is 10.1. The van der Waals surface area contributed by atoms with Crippen molar-refractivity contribution in [1.29, 1.82) is 0 Å². The van der Waals surface area contributed by atoms with Crippen molar-refractivity contribution in [3.63, 3.8) is 0 Å². The van der Waals surface area contributed by atoms with E-state index in [1.54, 1.807) is 0 Å². The van der Waals surface area contributed by atoms with Gasteiger partial charge in [-0.15, -0.1) is 10.2 Å². The van der Waals surface area contributed by atoms with E-state index in [1.807, 2.05) is 24.9 Å². The van der Waals surface area contributed by atoms with Crippen LogP contribution in [0.1, 0.15) is 5.56 Å². The van der Waals surface area contributed by atoms with Crippen LogP contribution in [0.15, 0.2) is 29.4 Å². The van der Waals surface area contributed by atoms with Crippen LogP contribution in [-0.4, -0.2) is 28.2 Å². The number of aryl methyl sites for hydroxylation is 1. The Balaban J connectivity index is 2.26. The highest BCUT2D eigenvalue weighted by molar-refractivity contribution is 8.00. The van der Waals surface area contributed by atoms with E-state index in [-0.39, 0.29) is 0 Å². The summed E-state index contributed by atoms with van der Waals surface area (Å²) in [5.74, 6) is 0.955. The molecule has 2 aromatic rings. The van der Waals surface area contributed by atoms with Gasteiger partial charge >= 0.3 is 0 Å². The number of thioether (sulfide) groups is 1. The SMILES string of the molecule is Cc1ccccc1-c1nnc(SC[Si](C)(C)C)n1C. The molecule has 0 aliphatic rings. The highest BCUT2D eigenvalue weighted by Crippen LogP contribution is 2.26. The minimum absolute atomic E-state index is 0.955. The summed E-state index contributed by atoms with van der Waals surface area (Å²) >= 11 is 1.83. The molecule has 0 aliphatic heterocycles. The zero-order valence-corrected chi connectivity index (χ0v) is 14.1. The van der Waals surface area contributed by atoms with E-state index >= 15 is 0 Å². The molecule has 19 heavy (non-hydrogen) atoms. The van der Waals surface area contributed by atoms with Crippen LogP contribution >= 0.6 is 11.8 Å². The van der Waals surface area contributed by atoms with Crippen LogP contribution in [0.2, 0.25) is 19.6 Å². The highest BCUT2D eigenvalue weighted by atomic mass is 32.2. The molecular weight excluding hydrogens is 270 g/mol. The minimum atomic E-state index is -1.06. The summed E-state index contributed by atoms with van der Waals surface area (Å²) in [6.45, 7) is 9.23. The molecule has 0 unspecified atom stereocenters. The van der Waals surface area contributed by atoms with Crippen molar-refractivity contribution in [1.82, 2.24) is 14.8 Å². The van der Waals surface area contributed by atoms with Crippen LogP contribution in [0.4, 0.5) is 0 Å². The second kappa shape index (κ2) is 5.51. The number of aromatic nitrogens is 3. The Morgan fingerprint density at radius 3 is 2.47 bits per heavy atom. The number of hydrogen-bond donors (Lipinski definition) is 0. The largest absolute Gasteiger partial charge is 0.305 e. The van der Waals surface area contributed by atoms with Crippen molar-refractivity contribution in [3.05, 3.63) is 29.8 Å². The molecule has 5 heteroatoms. The van der Waals surface area contributed by atoms with Crippen molar-refractivity contribution in [2.75, 3.05) is 5.38 Å². The maximum absolute atomic E-state index is 4.36. The third kappa shape index (κ3) is 3.48. The predicted octanol–water partition coefficient (Wildman–Crippen LogP) is 3.76. The topological polar surface area (TPSA) is 30.7 Å². The third-order valence-corrected chi connectivity index (χ3v) is 7.51. The molecule has 0 spiro atoms. The van der Waals surface area contributed by atoms with Gasteiger partial charge in [0, 0.05) is 12.6 Å². The van der Waals surface area contributed by atoms with Crippen LogP contribution in [-0.2, 0) is 7.05 Å². The van der Waals surface area contributed by atoms with Crippen molar-refractivity contribution in [2.24, 2.45) is 7.05 Å². The zero-order valence-electron chi connectivity index (χ0n) is 12.3. The van der Waals surface area contributed by atoms with Gasteiger partial charge in [0.15, 0.2) is 11.0 Å². The molecule has 1 aromatic heterocycles. The quantitative estimate of drug-likeness (QED) is 0.635. The Bertz CT molecular complexity index is 572. The van der Waals surface area contributed by atoms with Crippen LogP contribution in [0, 0.1) is 6.92 Å². The third-order valence-electron chi connectivity index (χ3n) is 2.86. The normalized spacial score (nSPS) is 11.8. The molecule has 2 rings (SSSR count). The average Bonchev–Trinajstić information content (AvgIpc) is 2.68. The highest BCUT2D eigenvalue weighted by Gasteiger charge is 2.17. The van der Waals surface area contributed by atoms with Crippen LogP contribution < -0.4 is 0 Å². The van der Waals surface area contributed by atoms with E-state index in [4.69, 9.17) is 0 Å². The van der Waals surface area contributed by atoms with Crippen molar-refractivity contribution >= 4 is 19.8 Å². The second-order valence-corrected chi connectivity index (χ2v) is 13.0. The maximum Gasteiger partial charge on any atom is 0.190 e. The molecule has 0 bridgehead atoms. The van der Waals surface area contributed by atoms with Gasteiger partial charge in [-0.05, 0) is 17.9 Å². The molecule has 0 fully saturated rings. The van der Waals surface area contributed by atoms with Gasteiger partial charge in [-0.3, -0.25) is 0 Å². The van der Waals surface area contributed by atoms with E-state index in [0.717, 1.165) is 16.5 Å². The molecule has 0 atom stereocenters. The zero-order chi connectivity index (χ0) is 14.0. The Morgan fingerprint density at radius 2 is 1.84 bits per heavy atom. The fraction of sp³-hybridized carbons (Fsp3) is 0.429. The van der Waals surface area contributed by atoms with Gasteiger partial charge in [0.1, 0.15) is 0 Å². The standard InChI is InChI=1S/C14H21N3SSi/c1-11-8-6-7-9-12(11)13-15-16-14(17(13)2)18-10-19(3,4)5/h6-9H,10H2,1-5H3. The van der Waals surface area contributed by atoms with E-state index in [1.165, 1.54) is 10.9 Å². The number of nitrogens with zero attached hydrogens (tertiary/aromatic N) is 3. The van der Waals surface area contributed by atoms with E-state index < -0.39 is 8.07 Å². The molecule has 0 amide bonds. The first-order valence-corrected chi connectivity index (χ1v) is 11.2. The summed E-state index contributed by atoms with van der Waals surface area (Å²) in [6.07, 6.45) is 0. The molecule has 102 valence electrons. The molecule has 1 heterocycles. The lowest BCUT2D eigenvalue weighted by molar-refractivity contribution is 0.794. The Labute approximate surface area is 120 Å². The summed E-state index contributed by atoms with van der Waals surface area (Å²) < 4.78 is 2.10. The van der Waals surface area contributed by atoms with Crippen LogP contribution in [0.3, 0.4) is 0 Å². The predicted molar refractivity (Wildman–Crippen MR) is 85.2 cm³/mol. The Morgan fingerprint density at radius 1 is 1.16 bits per heavy atom. The Hall–Kier alpha value is -1.07. The van der Waals surface area contributed by atoms with Gasteiger partial charge in [0.2, 0.25) is 0 Å². The first-order chi connectivity index (χ1) is 8.88. The smallest absolute Gasteiger partial charge is 0.190 e. The first-order valence-electron chi connectivity index (χ1n) is 6.47. The molecule has 0 aliphatic carbocycles. The molecular formula is C14H21N3SSi. The summed E-state index contributed by atoms with van der Waals surface area (Å²) in [7, 11) is 0.988. The molecule has 0 radical (unpaired) electrons.